The number of benzene rings is 3. The second kappa shape index (κ2) is 14.9. The minimum absolute atomic E-state index is 0. The predicted octanol–water partition coefficient (Wildman–Crippen LogP) is 4.90. The second-order valence-electron chi connectivity index (χ2n) is 10.3. The molecule has 3 N–H and O–H groups in total. The van der Waals surface area contributed by atoms with E-state index in [0.29, 0.717) is 29.6 Å². The SMILES string of the molecule is CC(NCc1ccc(Cl)c(Cl)c1)C(=O)C1NCCC(CNS(C)(=O)=O)(c2ccccc2)C1OCc1ccccc1.Cl. The molecule has 41 heavy (non-hydrogen) atoms. The lowest BCUT2D eigenvalue weighted by molar-refractivity contribution is -0.132. The highest BCUT2D eigenvalue weighted by molar-refractivity contribution is 7.88. The first-order valence-corrected chi connectivity index (χ1v) is 15.8. The summed E-state index contributed by atoms with van der Waals surface area (Å²) in [6.45, 7) is 3.14. The van der Waals surface area contributed by atoms with Crippen LogP contribution in [0.3, 0.4) is 0 Å². The summed E-state index contributed by atoms with van der Waals surface area (Å²) in [5, 5.41) is 7.62. The molecule has 0 bridgehead atoms. The summed E-state index contributed by atoms with van der Waals surface area (Å²) in [5.74, 6) is -0.0718. The van der Waals surface area contributed by atoms with Gasteiger partial charge in [-0.1, -0.05) is 89.9 Å². The number of sulfonamides is 1. The summed E-state index contributed by atoms with van der Waals surface area (Å²) in [6.07, 6.45) is 1.07. The number of nitrogens with one attached hydrogen (secondary N) is 3. The Labute approximate surface area is 258 Å². The van der Waals surface area contributed by atoms with Crippen molar-refractivity contribution in [2.75, 3.05) is 19.3 Å². The van der Waals surface area contributed by atoms with Gasteiger partial charge in [-0.3, -0.25) is 4.79 Å². The lowest BCUT2D eigenvalue weighted by atomic mass is 9.67. The number of rotatable bonds is 12. The number of hydrogen-bond acceptors (Lipinski definition) is 6. The smallest absolute Gasteiger partial charge is 0.208 e. The standard InChI is InChI=1S/C30H35Cl2N3O4S.ClH/c1-21(34-18-23-13-14-25(31)26(32)17-23)28(36)27-29(39-19-22-9-5-3-6-10-22)30(15-16-33-27,20-35-40(2,37)38)24-11-7-4-8-12-24;/h3-14,17,21,27,29,33-35H,15-16,18-20H2,1-2H3;1H. The van der Waals surface area contributed by atoms with Crippen molar-refractivity contribution in [1.29, 1.82) is 0 Å². The van der Waals surface area contributed by atoms with Crippen LogP contribution in [0.5, 0.6) is 0 Å². The number of Topliss-reactive ketones (excluding diaryl/α,β-unsaturated/α-hetero) is 1. The zero-order valence-corrected chi connectivity index (χ0v) is 26.1. The Morgan fingerprint density at radius 2 is 1.68 bits per heavy atom. The van der Waals surface area contributed by atoms with Gasteiger partial charge in [-0.05, 0) is 48.7 Å². The molecule has 1 heterocycles. The van der Waals surface area contributed by atoms with Crippen LogP contribution in [-0.4, -0.2) is 51.7 Å². The molecule has 0 spiro atoms. The number of carbonyl (C=O) groups is 1. The maximum atomic E-state index is 14.0. The van der Waals surface area contributed by atoms with Gasteiger partial charge in [-0.25, -0.2) is 13.1 Å². The summed E-state index contributed by atoms with van der Waals surface area (Å²) in [6, 6.07) is 23.6. The molecule has 4 unspecified atom stereocenters. The third kappa shape index (κ3) is 8.75. The van der Waals surface area contributed by atoms with Crippen molar-refractivity contribution in [2.45, 2.75) is 50.1 Å². The molecule has 4 rings (SSSR count). The normalized spacial score (nSPS) is 21.6. The van der Waals surface area contributed by atoms with Crippen molar-refractivity contribution in [2.24, 2.45) is 0 Å². The lowest BCUT2D eigenvalue weighted by Crippen LogP contribution is -2.66. The molecule has 3 aromatic carbocycles. The minimum Gasteiger partial charge on any atom is -0.370 e. The van der Waals surface area contributed by atoms with Crippen molar-refractivity contribution in [3.05, 3.63) is 106 Å². The van der Waals surface area contributed by atoms with Crippen molar-refractivity contribution in [3.63, 3.8) is 0 Å². The Balaban J connectivity index is 0.00000462. The van der Waals surface area contributed by atoms with E-state index in [4.69, 9.17) is 27.9 Å². The number of hydrogen-bond donors (Lipinski definition) is 3. The molecule has 0 amide bonds. The summed E-state index contributed by atoms with van der Waals surface area (Å²) in [5.41, 5.74) is 2.00. The Morgan fingerprint density at radius 1 is 1.02 bits per heavy atom. The zero-order valence-electron chi connectivity index (χ0n) is 23.0. The lowest BCUT2D eigenvalue weighted by Gasteiger charge is -2.48. The highest BCUT2D eigenvalue weighted by Crippen LogP contribution is 2.38. The molecule has 1 saturated heterocycles. The molecule has 0 radical (unpaired) electrons. The van der Waals surface area contributed by atoms with E-state index in [1.165, 1.54) is 0 Å². The van der Waals surface area contributed by atoms with E-state index >= 15 is 0 Å². The predicted molar refractivity (Wildman–Crippen MR) is 167 cm³/mol. The van der Waals surface area contributed by atoms with Crippen molar-refractivity contribution in [3.8, 4) is 0 Å². The van der Waals surface area contributed by atoms with Crippen LogP contribution >= 0.6 is 35.6 Å². The molecule has 222 valence electrons. The summed E-state index contributed by atoms with van der Waals surface area (Å²) >= 11 is 12.2. The summed E-state index contributed by atoms with van der Waals surface area (Å²) in [7, 11) is -3.50. The van der Waals surface area contributed by atoms with Gasteiger partial charge in [-0.2, -0.15) is 0 Å². The Hall–Kier alpha value is -2.01. The van der Waals surface area contributed by atoms with Crippen LogP contribution in [-0.2, 0) is 38.1 Å². The molecule has 0 aromatic heterocycles. The van der Waals surface area contributed by atoms with Gasteiger partial charge in [0.15, 0.2) is 5.78 Å². The third-order valence-corrected chi connectivity index (χ3v) is 8.79. The third-order valence-electron chi connectivity index (χ3n) is 7.38. The first-order chi connectivity index (χ1) is 19.1. The Bertz CT molecular complexity index is 1400. The first-order valence-electron chi connectivity index (χ1n) is 13.2. The zero-order chi connectivity index (χ0) is 28.8. The second-order valence-corrected chi connectivity index (χ2v) is 12.9. The van der Waals surface area contributed by atoms with E-state index < -0.39 is 33.6 Å². The molecule has 1 aliphatic rings. The van der Waals surface area contributed by atoms with Crippen LogP contribution in [0.15, 0.2) is 78.9 Å². The first kappa shape index (κ1) is 33.5. The fourth-order valence-corrected chi connectivity index (χ4v) is 6.05. The number of piperidine rings is 1. The quantitative estimate of drug-likeness (QED) is 0.261. The van der Waals surface area contributed by atoms with E-state index in [9.17, 15) is 13.2 Å². The van der Waals surface area contributed by atoms with Gasteiger partial charge in [0.05, 0.1) is 41.1 Å². The van der Waals surface area contributed by atoms with Gasteiger partial charge < -0.3 is 15.4 Å². The van der Waals surface area contributed by atoms with E-state index in [0.717, 1.165) is 22.9 Å². The highest BCUT2D eigenvalue weighted by atomic mass is 35.5. The van der Waals surface area contributed by atoms with E-state index in [2.05, 4.69) is 15.4 Å². The summed E-state index contributed by atoms with van der Waals surface area (Å²) < 4.78 is 33.8. The van der Waals surface area contributed by atoms with Crippen LogP contribution in [0.2, 0.25) is 10.0 Å². The number of halogens is 3. The average Bonchev–Trinajstić information content (AvgIpc) is 2.95. The Morgan fingerprint density at radius 3 is 2.32 bits per heavy atom. The van der Waals surface area contributed by atoms with Crippen molar-refractivity contribution >= 4 is 51.4 Å². The maximum absolute atomic E-state index is 14.0. The monoisotopic (exact) mass is 639 g/mol. The van der Waals surface area contributed by atoms with Gasteiger partial charge in [0.1, 0.15) is 0 Å². The van der Waals surface area contributed by atoms with Gasteiger partial charge >= 0.3 is 0 Å². The van der Waals surface area contributed by atoms with E-state index in [1.807, 2.05) is 73.7 Å². The number of carbonyl (C=O) groups excluding carboxylic acids is 1. The van der Waals surface area contributed by atoms with Crippen molar-refractivity contribution in [1.82, 2.24) is 15.4 Å². The number of ketones is 1. The molecule has 3 aromatic rings. The van der Waals surface area contributed by atoms with Crippen LogP contribution in [0.1, 0.15) is 30.0 Å². The minimum atomic E-state index is -3.50. The molecule has 0 saturated carbocycles. The van der Waals surface area contributed by atoms with Crippen molar-refractivity contribution < 1.29 is 17.9 Å². The molecule has 0 aliphatic carbocycles. The largest absolute Gasteiger partial charge is 0.370 e. The fourth-order valence-electron chi connectivity index (χ4n) is 5.20. The van der Waals surface area contributed by atoms with E-state index in [1.54, 1.807) is 12.1 Å². The molecule has 1 fully saturated rings. The molecule has 4 atom stereocenters. The fraction of sp³-hybridized carbons (Fsp3) is 0.367. The van der Waals surface area contributed by atoms with Crippen LogP contribution in [0.4, 0.5) is 0 Å². The van der Waals surface area contributed by atoms with E-state index in [-0.39, 0.29) is 31.3 Å². The number of ether oxygens (including phenoxy) is 1. The topological polar surface area (TPSA) is 96.5 Å². The Kier molecular flexibility index (Phi) is 12.2. The van der Waals surface area contributed by atoms with Gasteiger partial charge in [0.2, 0.25) is 10.0 Å². The van der Waals surface area contributed by atoms with Crippen LogP contribution < -0.4 is 15.4 Å². The van der Waals surface area contributed by atoms with Gasteiger partial charge in [0.25, 0.3) is 0 Å². The van der Waals surface area contributed by atoms with Crippen LogP contribution in [0, 0.1) is 0 Å². The maximum Gasteiger partial charge on any atom is 0.208 e. The van der Waals surface area contributed by atoms with Gasteiger partial charge in [0, 0.05) is 18.5 Å². The molecule has 7 nitrogen and oxygen atoms in total. The molecule has 1 aliphatic heterocycles. The average molecular weight is 641 g/mol. The molecular weight excluding hydrogens is 605 g/mol. The highest BCUT2D eigenvalue weighted by Gasteiger charge is 2.50. The molecule has 11 heteroatoms. The summed E-state index contributed by atoms with van der Waals surface area (Å²) in [4.78, 5) is 14.0. The van der Waals surface area contributed by atoms with Gasteiger partial charge in [-0.15, -0.1) is 12.4 Å². The molecular formula is C30H36Cl3N3O4S. The van der Waals surface area contributed by atoms with Crippen LogP contribution in [0.25, 0.3) is 0 Å².